The molecular weight excluding hydrogens is 356 g/mol. The molecule has 2 atom stereocenters. The molecule has 0 bridgehead atoms. The van der Waals surface area contributed by atoms with Gasteiger partial charge in [-0.05, 0) is 35.7 Å². The van der Waals surface area contributed by atoms with Crippen molar-refractivity contribution in [3.63, 3.8) is 0 Å². The molecule has 1 heterocycles. The number of nitrogens with zero attached hydrogens (tertiary/aromatic N) is 1. The summed E-state index contributed by atoms with van der Waals surface area (Å²) in [4.78, 5) is 26.2. The Balaban J connectivity index is 1.71. The Labute approximate surface area is 165 Å². The fourth-order valence-electron chi connectivity index (χ4n) is 3.18. The topological polar surface area (TPSA) is 67.9 Å². The Morgan fingerprint density at radius 3 is 2.36 bits per heavy atom. The number of ether oxygens (including phenoxy) is 2. The highest BCUT2D eigenvalue weighted by Gasteiger charge is 2.33. The molecule has 28 heavy (non-hydrogen) atoms. The molecule has 6 heteroatoms. The van der Waals surface area contributed by atoms with Gasteiger partial charge in [-0.15, -0.1) is 0 Å². The minimum atomic E-state index is -0.406. The van der Waals surface area contributed by atoms with E-state index in [1.54, 1.807) is 29.2 Å². The first kappa shape index (κ1) is 19.9. The monoisotopic (exact) mass is 382 g/mol. The van der Waals surface area contributed by atoms with Crippen molar-refractivity contribution in [1.29, 1.82) is 0 Å². The van der Waals surface area contributed by atoms with E-state index in [0.29, 0.717) is 30.3 Å². The van der Waals surface area contributed by atoms with Crippen LogP contribution in [0.4, 0.5) is 10.5 Å². The third kappa shape index (κ3) is 4.70. The van der Waals surface area contributed by atoms with Crippen molar-refractivity contribution in [3.05, 3.63) is 65.7 Å². The van der Waals surface area contributed by atoms with Gasteiger partial charge in [0.2, 0.25) is 0 Å². The number of morpholine rings is 1. The van der Waals surface area contributed by atoms with Crippen molar-refractivity contribution in [2.45, 2.75) is 26.1 Å². The van der Waals surface area contributed by atoms with E-state index in [9.17, 15) is 9.59 Å². The van der Waals surface area contributed by atoms with Crippen molar-refractivity contribution in [3.8, 4) is 0 Å². The molecule has 0 unspecified atom stereocenters. The van der Waals surface area contributed by atoms with Crippen molar-refractivity contribution in [2.75, 3.05) is 25.5 Å². The van der Waals surface area contributed by atoms with Gasteiger partial charge in [0.1, 0.15) is 6.10 Å². The first-order valence-corrected chi connectivity index (χ1v) is 9.42. The highest BCUT2D eigenvalue weighted by atomic mass is 16.5. The van der Waals surface area contributed by atoms with Gasteiger partial charge in [0.15, 0.2) is 0 Å². The number of urea groups is 1. The van der Waals surface area contributed by atoms with Crippen molar-refractivity contribution in [2.24, 2.45) is 5.92 Å². The lowest BCUT2D eigenvalue weighted by molar-refractivity contribution is -0.0920. The summed E-state index contributed by atoms with van der Waals surface area (Å²) in [5, 5.41) is 2.91. The van der Waals surface area contributed by atoms with E-state index >= 15 is 0 Å². The summed E-state index contributed by atoms with van der Waals surface area (Å²) < 4.78 is 10.9. The van der Waals surface area contributed by atoms with Gasteiger partial charge in [-0.2, -0.15) is 0 Å². The quantitative estimate of drug-likeness (QED) is 0.809. The number of carbonyl (C=O) groups excluding carboxylic acids is 2. The zero-order chi connectivity index (χ0) is 20.1. The second-order valence-electron chi connectivity index (χ2n) is 7.22. The molecule has 0 saturated carbocycles. The Bertz CT molecular complexity index is 805. The standard InChI is InChI=1S/C22H26N2O4/c1-15(2)19-13-24(14-20(28-19)16-7-5-4-6-8-16)22(26)23-18-11-9-17(10-12-18)21(25)27-3/h4-12,15,19-20H,13-14H2,1-3H3,(H,23,26)/t19-,20+/m1/s1. The zero-order valence-electron chi connectivity index (χ0n) is 16.4. The predicted molar refractivity (Wildman–Crippen MR) is 107 cm³/mol. The lowest BCUT2D eigenvalue weighted by Crippen LogP contribution is -2.50. The molecular formula is C22H26N2O4. The average Bonchev–Trinajstić information content (AvgIpc) is 2.74. The van der Waals surface area contributed by atoms with Crippen molar-refractivity contribution >= 4 is 17.7 Å². The fourth-order valence-corrected chi connectivity index (χ4v) is 3.18. The molecule has 1 aliphatic heterocycles. The van der Waals surface area contributed by atoms with Crippen LogP contribution in [0.15, 0.2) is 54.6 Å². The molecule has 1 fully saturated rings. The molecule has 0 spiro atoms. The number of hydrogen-bond donors (Lipinski definition) is 1. The summed E-state index contributed by atoms with van der Waals surface area (Å²) in [6.07, 6.45) is -0.193. The highest BCUT2D eigenvalue weighted by molar-refractivity contribution is 5.92. The van der Waals surface area contributed by atoms with Crippen LogP contribution in [-0.2, 0) is 9.47 Å². The van der Waals surface area contributed by atoms with Crippen LogP contribution in [0.25, 0.3) is 0 Å². The highest BCUT2D eigenvalue weighted by Crippen LogP contribution is 2.28. The molecule has 1 N–H and O–H groups in total. The van der Waals surface area contributed by atoms with E-state index in [-0.39, 0.29) is 18.2 Å². The summed E-state index contributed by atoms with van der Waals surface area (Å²) in [6.45, 7) is 5.21. The van der Waals surface area contributed by atoms with E-state index in [4.69, 9.17) is 9.47 Å². The van der Waals surface area contributed by atoms with Crippen molar-refractivity contribution in [1.82, 2.24) is 4.90 Å². The predicted octanol–water partition coefficient (Wildman–Crippen LogP) is 4.10. The molecule has 1 aliphatic rings. The van der Waals surface area contributed by atoms with Gasteiger partial charge in [0.25, 0.3) is 0 Å². The number of rotatable bonds is 4. The molecule has 3 rings (SSSR count). The second kappa shape index (κ2) is 8.89. The molecule has 0 aromatic heterocycles. The number of benzene rings is 2. The normalized spacial score (nSPS) is 19.4. The van der Waals surface area contributed by atoms with Gasteiger partial charge in [-0.3, -0.25) is 0 Å². The van der Waals surface area contributed by atoms with Crippen LogP contribution in [0.5, 0.6) is 0 Å². The van der Waals surface area contributed by atoms with Gasteiger partial charge in [0.05, 0.1) is 25.3 Å². The third-order valence-electron chi connectivity index (χ3n) is 4.89. The molecule has 2 aromatic carbocycles. The third-order valence-corrected chi connectivity index (χ3v) is 4.89. The van der Waals surface area contributed by atoms with Crippen LogP contribution in [0.3, 0.4) is 0 Å². The molecule has 6 nitrogen and oxygen atoms in total. The number of amides is 2. The molecule has 0 aliphatic carbocycles. The summed E-state index contributed by atoms with van der Waals surface area (Å²) >= 11 is 0. The first-order valence-electron chi connectivity index (χ1n) is 9.42. The maximum atomic E-state index is 12.9. The van der Waals surface area contributed by atoms with Gasteiger partial charge >= 0.3 is 12.0 Å². The van der Waals surface area contributed by atoms with Gasteiger partial charge in [-0.25, -0.2) is 9.59 Å². The Morgan fingerprint density at radius 1 is 1.07 bits per heavy atom. The van der Waals surface area contributed by atoms with Gasteiger partial charge in [-0.1, -0.05) is 44.2 Å². The lowest BCUT2D eigenvalue weighted by atomic mass is 10.0. The molecule has 1 saturated heterocycles. The smallest absolute Gasteiger partial charge is 0.337 e. The van der Waals surface area contributed by atoms with Crippen LogP contribution < -0.4 is 5.32 Å². The molecule has 2 aromatic rings. The van der Waals surface area contributed by atoms with Crippen LogP contribution in [0.2, 0.25) is 0 Å². The van der Waals surface area contributed by atoms with E-state index in [2.05, 4.69) is 19.2 Å². The van der Waals surface area contributed by atoms with Crippen LogP contribution in [0, 0.1) is 5.92 Å². The van der Waals surface area contributed by atoms with Gasteiger partial charge in [0, 0.05) is 12.2 Å². The Kier molecular flexibility index (Phi) is 6.31. The number of hydrogen-bond acceptors (Lipinski definition) is 4. The van der Waals surface area contributed by atoms with Crippen LogP contribution in [-0.4, -0.2) is 43.2 Å². The average molecular weight is 382 g/mol. The Hall–Kier alpha value is -2.86. The van der Waals surface area contributed by atoms with E-state index < -0.39 is 5.97 Å². The zero-order valence-corrected chi connectivity index (χ0v) is 16.4. The summed E-state index contributed by atoms with van der Waals surface area (Å²) in [5.41, 5.74) is 2.13. The van der Waals surface area contributed by atoms with E-state index in [1.165, 1.54) is 7.11 Å². The number of methoxy groups -OCH3 is 1. The number of carbonyl (C=O) groups is 2. The molecule has 148 valence electrons. The Morgan fingerprint density at radius 2 is 1.75 bits per heavy atom. The first-order chi connectivity index (χ1) is 13.5. The minimum absolute atomic E-state index is 0.0357. The SMILES string of the molecule is COC(=O)c1ccc(NC(=O)N2C[C@@H](c3ccccc3)O[C@@H](C(C)C)C2)cc1. The second-order valence-corrected chi connectivity index (χ2v) is 7.22. The number of nitrogens with one attached hydrogen (secondary N) is 1. The van der Waals surface area contributed by atoms with Crippen LogP contribution >= 0.6 is 0 Å². The molecule has 0 radical (unpaired) electrons. The summed E-state index contributed by atoms with van der Waals surface area (Å²) in [5.74, 6) is -0.113. The largest absolute Gasteiger partial charge is 0.465 e. The fraction of sp³-hybridized carbons (Fsp3) is 0.364. The van der Waals surface area contributed by atoms with Crippen molar-refractivity contribution < 1.29 is 19.1 Å². The minimum Gasteiger partial charge on any atom is -0.465 e. The van der Waals surface area contributed by atoms with E-state index in [0.717, 1.165) is 5.56 Å². The van der Waals surface area contributed by atoms with Gasteiger partial charge < -0.3 is 19.7 Å². The maximum absolute atomic E-state index is 12.9. The summed E-state index contributed by atoms with van der Waals surface area (Å²) in [6, 6.07) is 16.4. The summed E-state index contributed by atoms with van der Waals surface area (Å²) in [7, 11) is 1.34. The number of anilines is 1. The number of esters is 1. The lowest BCUT2D eigenvalue weighted by Gasteiger charge is -2.40. The van der Waals surface area contributed by atoms with E-state index in [1.807, 2.05) is 30.3 Å². The maximum Gasteiger partial charge on any atom is 0.337 e. The molecule has 2 amide bonds. The van der Waals surface area contributed by atoms with Crippen LogP contribution in [0.1, 0.15) is 35.9 Å².